The predicted molar refractivity (Wildman–Crippen MR) is 80.8 cm³/mol. The van der Waals surface area contributed by atoms with Gasteiger partial charge in [-0.1, -0.05) is 23.7 Å². The van der Waals surface area contributed by atoms with Gasteiger partial charge in [0.2, 0.25) is 0 Å². The Kier molecular flexibility index (Phi) is 4.15. The van der Waals surface area contributed by atoms with E-state index in [0.717, 1.165) is 23.5 Å². The SMILES string of the molecule is Fc1ccc(Cl)cc1NCc1cccc2c1OCCCO2. The fourth-order valence-electron chi connectivity index (χ4n) is 2.22. The van der Waals surface area contributed by atoms with Gasteiger partial charge >= 0.3 is 0 Å². The fourth-order valence-corrected chi connectivity index (χ4v) is 2.39. The first-order valence-corrected chi connectivity index (χ1v) is 7.18. The number of nitrogens with one attached hydrogen (secondary N) is 1. The van der Waals surface area contributed by atoms with Crippen LogP contribution in [0, 0.1) is 5.82 Å². The molecule has 110 valence electrons. The third kappa shape index (κ3) is 3.22. The van der Waals surface area contributed by atoms with Gasteiger partial charge in [-0.25, -0.2) is 4.39 Å². The zero-order valence-electron chi connectivity index (χ0n) is 11.4. The van der Waals surface area contributed by atoms with Crippen molar-refractivity contribution in [3.05, 3.63) is 52.8 Å². The minimum absolute atomic E-state index is 0.335. The van der Waals surface area contributed by atoms with Crippen molar-refractivity contribution in [2.75, 3.05) is 18.5 Å². The van der Waals surface area contributed by atoms with Crippen molar-refractivity contribution in [2.24, 2.45) is 0 Å². The number of para-hydroxylation sites is 1. The van der Waals surface area contributed by atoms with Gasteiger partial charge in [0.25, 0.3) is 0 Å². The van der Waals surface area contributed by atoms with E-state index in [1.807, 2.05) is 18.2 Å². The molecule has 5 heteroatoms. The summed E-state index contributed by atoms with van der Waals surface area (Å²) in [6, 6.07) is 10.1. The summed E-state index contributed by atoms with van der Waals surface area (Å²) in [6.45, 7) is 1.70. The van der Waals surface area contributed by atoms with E-state index in [1.165, 1.54) is 12.1 Å². The van der Waals surface area contributed by atoms with Crippen LogP contribution in [-0.2, 0) is 6.54 Å². The Balaban J connectivity index is 1.81. The number of benzene rings is 2. The van der Waals surface area contributed by atoms with Crippen molar-refractivity contribution in [1.82, 2.24) is 0 Å². The molecule has 3 rings (SSSR count). The molecule has 0 spiro atoms. The molecule has 0 fully saturated rings. The Morgan fingerprint density at radius 1 is 1.14 bits per heavy atom. The third-order valence-corrected chi connectivity index (χ3v) is 3.49. The Bertz CT molecular complexity index is 648. The highest BCUT2D eigenvalue weighted by Gasteiger charge is 2.14. The van der Waals surface area contributed by atoms with E-state index < -0.39 is 0 Å². The highest BCUT2D eigenvalue weighted by Crippen LogP contribution is 2.33. The molecule has 2 aromatic carbocycles. The molecule has 1 N–H and O–H groups in total. The molecule has 21 heavy (non-hydrogen) atoms. The Hall–Kier alpha value is -1.94. The second kappa shape index (κ2) is 6.22. The van der Waals surface area contributed by atoms with Crippen LogP contribution in [0.1, 0.15) is 12.0 Å². The largest absolute Gasteiger partial charge is 0.490 e. The van der Waals surface area contributed by atoms with Gasteiger partial charge in [0.15, 0.2) is 11.5 Å². The molecule has 1 heterocycles. The molecule has 0 atom stereocenters. The summed E-state index contributed by atoms with van der Waals surface area (Å²) in [7, 11) is 0. The van der Waals surface area contributed by atoms with Gasteiger partial charge < -0.3 is 14.8 Å². The fraction of sp³-hybridized carbons (Fsp3) is 0.250. The van der Waals surface area contributed by atoms with Crippen LogP contribution >= 0.6 is 11.6 Å². The molecule has 0 radical (unpaired) electrons. The maximum Gasteiger partial charge on any atom is 0.166 e. The summed E-state index contributed by atoms with van der Waals surface area (Å²) in [6.07, 6.45) is 0.852. The van der Waals surface area contributed by atoms with E-state index in [0.29, 0.717) is 30.5 Å². The zero-order chi connectivity index (χ0) is 14.7. The first kappa shape index (κ1) is 14.0. The second-order valence-electron chi connectivity index (χ2n) is 4.77. The standard InChI is InChI=1S/C16H15ClFNO2/c17-12-5-6-13(18)14(9-12)19-10-11-3-1-4-15-16(11)21-8-2-7-20-15/h1,3-6,9,19H,2,7-8,10H2. The first-order chi connectivity index (χ1) is 10.2. The van der Waals surface area contributed by atoms with E-state index in [9.17, 15) is 4.39 Å². The maximum atomic E-state index is 13.7. The highest BCUT2D eigenvalue weighted by atomic mass is 35.5. The number of rotatable bonds is 3. The topological polar surface area (TPSA) is 30.5 Å². The van der Waals surface area contributed by atoms with Crippen LogP contribution in [0.15, 0.2) is 36.4 Å². The molecular weight excluding hydrogens is 293 g/mol. The summed E-state index contributed by atoms with van der Waals surface area (Å²) < 4.78 is 25.1. The van der Waals surface area contributed by atoms with Gasteiger partial charge in [-0.05, 0) is 24.3 Å². The van der Waals surface area contributed by atoms with Crippen molar-refractivity contribution in [3.63, 3.8) is 0 Å². The minimum Gasteiger partial charge on any atom is -0.490 e. The van der Waals surface area contributed by atoms with Crippen LogP contribution < -0.4 is 14.8 Å². The molecular formula is C16H15ClFNO2. The van der Waals surface area contributed by atoms with Crippen molar-refractivity contribution in [2.45, 2.75) is 13.0 Å². The first-order valence-electron chi connectivity index (χ1n) is 6.80. The molecule has 0 aliphatic carbocycles. The normalized spacial score (nSPS) is 13.6. The summed E-state index contributed by atoms with van der Waals surface area (Å²) in [5, 5.41) is 3.54. The smallest absolute Gasteiger partial charge is 0.166 e. The van der Waals surface area contributed by atoms with Crippen LogP contribution in [0.2, 0.25) is 5.02 Å². The minimum atomic E-state index is -0.335. The van der Waals surface area contributed by atoms with E-state index in [1.54, 1.807) is 6.07 Å². The average molecular weight is 308 g/mol. The van der Waals surface area contributed by atoms with Crippen molar-refractivity contribution >= 4 is 17.3 Å². The lowest BCUT2D eigenvalue weighted by Crippen LogP contribution is -2.04. The van der Waals surface area contributed by atoms with Crippen LogP contribution in [0.4, 0.5) is 10.1 Å². The molecule has 1 aliphatic rings. The second-order valence-corrected chi connectivity index (χ2v) is 5.21. The van der Waals surface area contributed by atoms with Crippen LogP contribution in [0.3, 0.4) is 0 Å². The summed E-state index contributed by atoms with van der Waals surface area (Å²) >= 11 is 5.88. The van der Waals surface area contributed by atoms with Crippen LogP contribution in [0.25, 0.3) is 0 Å². The molecule has 2 aromatic rings. The van der Waals surface area contributed by atoms with Gasteiger partial charge in [-0.2, -0.15) is 0 Å². The van der Waals surface area contributed by atoms with E-state index >= 15 is 0 Å². The quantitative estimate of drug-likeness (QED) is 0.919. The lowest BCUT2D eigenvalue weighted by Gasteiger charge is -2.14. The maximum absolute atomic E-state index is 13.7. The number of ether oxygens (including phenoxy) is 2. The third-order valence-electron chi connectivity index (χ3n) is 3.25. The van der Waals surface area contributed by atoms with Crippen molar-refractivity contribution in [3.8, 4) is 11.5 Å². The van der Waals surface area contributed by atoms with Gasteiger partial charge in [0.05, 0.1) is 18.9 Å². The molecule has 1 aliphatic heterocycles. The Morgan fingerprint density at radius 2 is 2.00 bits per heavy atom. The van der Waals surface area contributed by atoms with Crippen molar-refractivity contribution in [1.29, 1.82) is 0 Å². The van der Waals surface area contributed by atoms with E-state index in [2.05, 4.69) is 5.32 Å². The van der Waals surface area contributed by atoms with Gasteiger partial charge in [-0.3, -0.25) is 0 Å². The van der Waals surface area contributed by atoms with Gasteiger partial charge in [0.1, 0.15) is 5.82 Å². The summed E-state index contributed by atoms with van der Waals surface area (Å²) in [5.41, 5.74) is 1.29. The highest BCUT2D eigenvalue weighted by molar-refractivity contribution is 6.30. The van der Waals surface area contributed by atoms with E-state index in [-0.39, 0.29) is 5.82 Å². The molecule has 0 saturated heterocycles. The van der Waals surface area contributed by atoms with Gasteiger partial charge in [0, 0.05) is 23.6 Å². The molecule has 0 amide bonds. The lowest BCUT2D eigenvalue weighted by atomic mass is 10.1. The Labute approximate surface area is 127 Å². The molecule has 0 saturated carbocycles. The molecule has 0 unspecified atom stereocenters. The summed E-state index contributed by atoms with van der Waals surface area (Å²) in [5.74, 6) is 1.13. The number of anilines is 1. The molecule has 0 aromatic heterocycles. The van der Waals surface area contributed by atoms with E-state index in [4.69, 9.17) is 21.1 Å². The number of halogens is 2. The average Bonchev–Trinajstić information content (AvgIpc) is 2.74. The molecule has 0 bridgehead atoms. The molecule has 3 nitrogen and oxygen atoms in total. The van der Waals surface area contributed by atoms with Crippen molar-refractivity contribution < 1.29 is 13.9 Å². The number of fused-ring (bicyclic) bond motifs is 1. The van der Waals surface area contributed by atoms with Crippen LogP contribution in [-0.4, -0.2) is 13.2 Å². The lowest BCUT2D eigenvalue weighted by molar-refractivity contribution is 0.296. The summed E-state index contributed by atoms with van der Waals surface area (Å²) in [4.78, 5) is 0. The zero-order valence-corrected chi connectivity index (χ0v) is 12.1. The monoisotopic (exact) mass is 307 g/mol. The number of hydrogen-bond acceptors (Lipinski definition) is 3. The van der Waals surface area contributed by atoms with Gasteiger partial charge in [-0.15, -0.1) is 0 Å². The number of hydrogen-bond donors (Lipinski definition) is 1. The Morgan fingerprint density at radius 3 is 2.90 bits per heavy atom. The predicted octanol–water partition coefficient (Wildman–Crippen LogP) is 4.25. The van der Waals surface area contributed by atoms with Crippen LogP contribution in [0.5, 0.6) is 11.5 Å².